The molecule has 0 aliphatic carbocycles. The van der Waals surface area contributed by atoms with Gasteiger partial charge in [-0.1, -0.05) is 78.9 Å². The van der Waals surface area contributed by atoms with Crippen molar-refractivity contribution in [1.82, 2.24) is 0 Å². The maximum atomic E-state index is 6.51. The van der Waals surface area contributed by atoms with Gasteiger partial charge in [0.15, 0.2) is 0 Å². The van der Waals surface area contributed by atoms with Gasteiger partial charge in [0, 0.05) is 16.5 Å². The van der Waals surface area contributed by atoms with E-state index in [4.69, 9.17) is 4.74 Å². The average molecular weight is 372 g/mol. The fourth-order valence-corrected chi connectivity index (χ4v) is 4.74. The molecule has 0 unspecified atom stereocenters. The maximum Gasteiger partial charge on any atom is 0.132 e. The first-order chi connectivity index (χ1) is 14.2. The van der Waals surface area contributed by atoms with Crippen LogP contribution in [0.2, 0.25) is 0 Å². The summed E-state index contributed by atoms with van der Waals surface area (Å²) in [5.41, 5.74) is 3.41. The second kappa shape index (κ2) is 5.96. The molecular weight excluding hydrogens is 352 g/mol. The molecule has 0 saturated heterocycles. The van der Waals surface area contributed by atoms with Crippen molar-refractivity contribution in [3.05, 3.63) is 120 Å². The Balaban J connectivity index is 1.73. The predicted molar refractivity (Wildman–Crippen MR) is 120 cm³/mol. The van der Waals surface area contributed by atoms with E-state index in [0.29, 0.717) is 0 Å². The van der Waals surface area contributed by atoms with E-state index < -0.39 is 0 Å². The number of hydrogen-bond donors (Lipinski definition) is 0. The van der Waals surface area contributed by atoms with Gasteiger partial charge >= 0.3 is 0 Å². The fourth-order valence-electron chi connectivity index (χ4n) is 4.74. The van der Waals surface area contributed by atoms with E-state index in [0.717, 1.165) is 11.5 Å². The van der Waals surface area contributed by atoms with E-state index in [9.17, 15) is 0 Å². The number of rotatable bonds is 1. The van der Waals surface area contributed by atoms with Gasteiger partial charge in [0.25, 0.3) is 0 Å². The third-order valence-corrected chi connectivity index (χ3v) is 6.34. The molecule has 0 spiro atoms. The van der Waals surface area contributed by atoms with Gasteiger partial charge in [-0.05, 0) is 58.3 Å². The first-order valence-corrected chi connectivity index (χ1v) is 10.0. The fraction of sp³-hybridized carbons (Fsp3) is 0.0714. The standard InChI is InChI=1S/C28H20O/c1-28(23-13-3-2-4-14-23)24-15-19-9-5-7-11-21(19)17-26(24)29-27-18-22-12-8-6-10-20(22)16-25(27)28/h2-18H,1H3. The molecule has 0 saturated carbocycles. The van der Waals surface area contributed by atoms with E-state index in [1.165, 1.54) is 38.2 Å². The molecule has 1 nitrogen and oxygen atoms in total. The summed E-state index contributed by atoms with van der Waals surface area (Å²) in [6.45, 7) is 2.33. The van der Waals surface area contributed by atoms with Crippen molar-refractivity contribution in [1.29, 1.82) is 0 Å². The smallest absolute Gasteiger partial charge is 0.132 e. The minimum Gasteiger partial charge on any atom is -0.457 e. The third-order valence-electron chi connectivity index (χ3n) is 6.34. The quantitative estimate of drug-likeness (QED) is 0.297. The SMILES string of the molecule is CC1(c2ccccc2)c2cc3ccccc3cc2Oc2cc3ccccc3cc21. The first-order valence-electron chi connectivity index (χ1n) is 10.0. The van der Waals surface area contributed by atoms with Gasteiger partial charge in [-0.15, -0.1) is 0 Å². The van der Waals surface area contributed by atoms with Gasteiger partial charge in [0.1, 0.15) is 11.5 Å². The molecule has 1 heteroatoms. The van der Waals surface area contributed by atoms with Crippen LogP contribution in [0.1, 0.15) is 23.6 Å². The van der Waals surface area contributed by atoms with Gasteiger partial charge in [-0.3, -0.25) is 0 Å². The highest BCUT2D eigenvalue weighted by Gasteiger charge is 2.40. The van der Waals surface area contributed by atoms with Crippen LogP contribution in [0.5, 0.6) is 11.5 Å². The lowest BCUT2D eigenvalue weighted by Crippen LogP contribution is -2.29. The highest BCUT2D eigenvalue weighted by atomic mass is 16.5. The average Bonchev–Trinajstić information content (AvgIpc) is 2.78. The Hall–Kier alpha value is -3.58. The number of hydrogen-bond acceptors (Lipinski definition) is 1. The Labute approximate surface area is 170 Å². The molecule has 5 aromatic rings. The zero-order valence-electron chi connectivity index (χ0n) is 16.2. The lowest BCUT2D eigenvalue weighted by atomic mass is 9.68. The largest absolute Gasteiger partial charge is 0.457 e. The van der Waals surface area contributed by atoms with E-state index >= 15 is 0 Å². The summed E-state index contributed by atoms with van der Waals surface area (Å²) >= 11 is 0. The summed E-state index contributed by atoms with van der Waals surface area (Å²) in [5, 5.41) is 4.87. The van der Waals surface area contributed by atoms with Crippen LogP contribution in [0.4, 0.5) is 0 Å². The number of ether oxygens (including phenoxy) is 1. The van der Waals surface area contributed by atoms with Crippen LogP contribution in [-0.4, -0.2) is 0 Å². The van der Waals surface area contributed by atoms with Crippen molar-refractivity contribution in [3.8, 4) is 11.5 Å². The molecule has 5 aromatic carbocycles. The van der Waals surface area contributed by atoms with Crippen molar-refractivity contribution in [2.24, 2.45) is 0 Å². The lowest BCUT2D eigenvalue weighted by Gasteiger charge is -2.38. The van der Waals surface area contributed by atoms with Crippen LogP contribution in [0, 0.1) is 0 Å². The molecule has 0 aromatic heterocycles. The molecule has 0 amide bonds. The summed E-state index contributed by atoms with van der Waals surface area (Å²) < 4.78 is 6.51. The molecule has 29 heavy (non-hydrogen) atoms. The van der Waals surface area contributed by atoms with Crippen molar-refractivity contribution < 1.29 is 4.74 Å². The molecule has 138 valence electrons. The van der Waals surface area contributed by atoms with Crippen molar-refractivity contribution >= 4 is 21.5 Å². The second-order valence-electron chi connectivity index (χ2n) is 7.98. The first kappa shape index (κ1) is 16.4. The minimum atomic E-state index is -0.293. The minimum absolute atomic E-state index is 0.293. The molecule has 0 radical (unpaired) electrons. The second-order valence-corrected chi connectivity index (χ2v) is 7.98. The van der Waals surface area contributed by atoms with Gasteiger partial charge < -0.3 is 4.74 Å². The van der Waals surface area contributed by atoms with Crippen LogP contribution in [0.3, 0.4) is 0 Å². The molecule has 0 atom stereocenters. The third kappa shape index (κ3) is 2.34. The van der Waals surface area contributed by atoms with Crippen molar-refractivity contribution in [2.45, 2.75) is 12.3 Å². The molecule has 1 heterocycles. The van der Waals surface area contributed by atoms with E-state index in [1.54, 1.807) is 0 Å². The summed E-state index contributed by atoms with van der Waals surface area (Å²) in [7, 11) is 0. The van der Waals surface area contributed by atoms with Gasteiger partial charge in [0.05, 0.1) is 0 Å². The Morgan fingerprint density at radius 3 is 1.41 bits per heavy atom. The summed E-state index contributed by atoms with van der Waals surface area (Å²) in [6, 6.07) is 36.7. The highest BCUT2D eigenvalue weighted by molar-refractivity contribution is 5.89. The van der Waals surface area contributed by atoms with E-state index in [-0.39, 0.29) is 5.41 Å². The Morgan fingerprint density at radius 2 is 0.931 bits per heavy atom. The molecule has 0 bridgehead atoms. The van der Waals surface area contributed by atoms with Crippen LogP contribution in [0.25, 0.3) is 21.5 Å². The van der Waals surface area contributed by atoms with Crippen LogP contribution < -0.4 is 4.74 Å². The van der Waals surface area contributed by atoms with Gasteiger partial charge in [-0.2, -0.15) is 0 Å². The predicted octanol–water partition coefficient (Wildman–Crippen LogP) is 7.45. The summed E-state index contributed by atoms with van der Waals surface area (Å²) in [4.78, 5) is 0. The lowest BCUT2D eigenvalue weighted by molar-refractivity contribution is 0.429. The Bertz CT molecular complexity index is 1300. The Kier molecular flexibility index (Phi) is 3.36. The molecule has 0 N–H and O–H groups in total. The van der Waals surface area contributed by atoms with Crippen LogP contribution in [-0.2, 0) is 5.41 Å². The van der Waals surface area contributed by atoms with Crippen molar-refractivity contribution in [3.63, 3.8) is 0 Å². The number of benzene rings is 5. The van der Waals surface area contributed by atoms with E-state index in [1.807, 2.05) is 0 Å². The summed E-state index contributed by atoms with van der Waals surface area (Å²) in [6.07, 6.45) is 0. The molecule has 0 fully saturated rings. The molecule has 1 aliphatic heterocycles. The molecule has 1 aliphatic rings. The summed E-state index contributed by atoms with van der Waals surface area (Å²) in [5.74, 6) is 1.88. The topological polar surface area (TPSA) is 9.23 Å². The Morgan fingerprint density at radius 1 is 0.517 bits per heavy atom. The van der Waals surface area contributed by atoms with Crippen molar-refractivity contribution in [2.75, 3.05) is 0 Å². The van der Waals surface area contributed by atoms with E-state index in [2.05, 4.69) is 110 Å². The number of fused-ring (bicyclic) bond motifs is 4. The monoisotopic (exact) mass is 372 g/mol. The van der Waals surface area contributed by atoms with Gasteiger partial charge in [-0.25, -0.2) is 0 Å². The van der Waals surface area contributed by atoms with Crippen LogP contribution in [0.15, 0.2) is 103 Å². The highest BCUT2D eigenvalue weighted by Crippen LogP contribution is 2.53. The zero-order valence-corrected chi connectivity index (χ0v) is 16.2. The zero-order chi connectivity index (χ0) is 19.4. The van der Waals surface area contributed by atoms with Gasteiger partial charge in [0.2, 0.25) is 0 Å². The molecule has 6 rings (SSSR count). The maximum absolute atomic E-state index is 6.51. The normalized spacial score (nSPS) is 14.2. The van der Waals surface area contributed by atoms with Crippen LogP contribution >= 0.6 is 0 Å². The molecular formula is C28H20O.